The zero-order valence-electron chi connectivity index (χ0n) is 8.17. The topological polar surface area (TPSA) is 90.4 Å². The number of nitrogens with zero attached hydrogens (tertiary/aromatic N) is 2. The molecule has 0 radical (unpaired) electrons. The molecule has 6 nitrogen and oxygen atoms in total. The third kappa shape index (κ3) is 2.04. The Kier molecular flexibility index (Phi) is 3.13. The quantitative estimate of drug-likeness (QED) is 0.738. The summed E-state index contributed by atoms with van der Waals surface area (Å²) < 4.78 is 19.5. The summed E-state index contributed by atoms with van der Waals surface area (Å²) in [5.41, 5.74) is 4.10. The van der Waals surface area contributed by atoms with E-state index in [4.69, 9.17) is 15.6 Å². The summed E-state index contributed by atoms with van der Waals surface area (Å²) in [6.07, 6.45) is 0.354. The van der Waals surface area contributed by atoms with Crippen molar-refractivity contribution in [3.63, 3.8) is 0 Å². The molecule has 2 rings (SSSR count). The summed E-state index contributed by atoms with van der Waals surface area (Å²) in [5.74, 6) is -0.734. The van der Waals surface area contributed by atoms with Gasteiger partial charge in [0.25, 0.3) is 0 Å². The van der Waals surface area contributed by atoms with Crippen LogP contribution in [0.4, 0.5) is 10.2 Å². The van der Waals surface area contributed by atoms with E-state index in [0.29, 0.717) is 5.75 Å². The van der Waals surface area contributed by atoms with E-state index in [1.165, 1.54) is 11.8 Å². The van der Waals surface area contributed by atoms with Crippen molar-refractivity contribution in [2.75, 3.05) is 18.1 Å². The van der Waals surface area contributed by atoms with E-state index in [0.717, 1.165) is 10.8 Å². The maximum atomic E-state index is 13.1. The summed E-state index contributed by atoms with van der Waals surface area (Å²) in [5, 5.41) is 8.86. The molecule has 0 unspecified atom stereocenters. The van der Waals surface area contributed by atoms with E-state index in [1.807, 2.05) is 0 Å². The van der Waals surface area contributed by atoms with Gasteiger partial charge in [0.2, 0.25) is 0 Å². The van der Waals surface area contributed by atoms with Gasteiger partial charge in [-0.05, 0) is 0 Å². The fraction of sp³-hybridized carbons (Fsp3) is 0.500. The zero-order valence-corrected chi connectivity index (χ0v) is 8.98. The van der Waals surface area contributed by atoms with Crippen molar-refractivity contribution in [1.29, 1.82) is 0 Å². The van der Waals surface area contributed by atoms with Gasteiger partial charge in [0.05, 0.1) is 12.8 Å². The molecule has 88 valence electrons. The molecule has 1 fully saturated rings. The molecule has 0 bridgehead atoms. The lowest BCUT2D eigenvalue weighted by Gasteiger charge is -2.13. The highest BCUT2D eigenvalue weighted by Crippen LogP contribution is 2.30. The van der Waals surface area contributed by atoms with Crippen LogP contribution < -0.4 is 11.4 Å². The predicted molar refractivity (Wildman–Crippen MR) is 56.3 cm³/mol. The molecular weight excluding hydrogens is 240 g/mol. The molecule has 2 atom stereocenters. The molecule has 0 aromatic carbocycles. The van der Waals surface area contributed by atoms with Gasteiger partial charge in [-0.25, -0.2) is 9.18 Å². The van der Waals surface area contributed by atoms with Gasteiger partial charge in [-0.1, -0.05) is 0 Å². The number of aliphatic hydroxyl groups excluding tert-OH is 1. The number of hydrogen-bond donors (Lipinski definition) is 2. The standard InChI is InChI=1S/C8H10FN3O3S/c9-4-1-12(8(14)11-7(4)10)5-3-16-6(2-13)15-5/h1,5-6,13H,2-3H2,(H2,10,11,14)/t5-,6-/m1/s1/i8+1,11+1,12+1. The molecule has 0 saturated carbocycles. The number of halogens is 1. The largest absolute Gasteiger partial charge is 0.393 e. The molecule has 3 N–H and O–H groups in total. The maximum absolute atomic E-state index is 13.1. The maximum Gasteiger partial charge on any atom is 0.351 e. The third-order valence-corrected chi connectivity index (χ3v) is 3.24. The molecular formula is C8H10FN3O3S. The molecule has 2 heterocycles. The van der Waals surface area contributed by atoms with Crippen molar-refractivity contribution in [3.8, 4) is 0 Å². The normalized spacial score (nSPS) is 24.9. The van der Waals surface area contributed by atoms with Crippen LogP contribution in [0.1, 0.15) is 6.23 Å². The number of ether oxygens (including phenoxy) is 1. The number of rotatable bonds is 2. The molecule has 1 aliphatic heterocycles. The Hall–Kier alpha value is -1.12. The molecule has 8 heteroatoms. The van der Waals surface area contributed by atoms with Gasteiger partial charge in [0.1, 0.15) is 11.7 Å². The molecule has 0 spiro atoms. The minimum absolute atomic E-state index is 0.152. The number of nitrogen functional groups attached to an aromatic ring is 1. The number of aromatic nitrogens is 2. The van der Waals surface area contributed by atoms with Crippen LogP contribution in [-0.4, -0.2) is 32.5 Å². The minimum atomic E-state index is -0.763. The average Bonchev–Trinajstić information content (AvgIpc) is 2.71. The van der Waals surface area contributed by atoms with Gasteiger partial charge in [-0.15, -0.1) is 11.8 Å². The van der Waals surface area contributed by atoms with Crippen LogP contribution in [0.25, 0.3) is 0 Å². The lowest BCUT2D eigenvalue weighted by Crippen LogP contribution is -2.29. The Morgan fingerprint density at radius 2 is 2.56 bits per heavy atom. The first-order valence-corrected chi connectivity index (χ1v) is 5.58. The van der Waals surface area contributed by atoms with Gasteiger partial charge < -0.3 is 15.6 Å². The second-order valence-electron chi connectivity index (χ2n) is 3.20. The van der Waals surface area contributed by atoms with E-state index in [9.17, 15) is 9.18 Å². The second-order valence-corrected chi connectivity index (χ2v) is 4.39. The number of hydrogen-bond acceptors (Lipinski definition) is 6. The summed E-state index contributed by atoms with van der Waals surface area (Å²) in [7, 11) is 0. The van der Waals surface area contributed by atoms with E-state index < -0.39 is 29.0 Å². The highest BCUT2D eigenvalue weighted by atomic mass is 32.2. The third-order valence-electron chi connectivity index (χ3n) is 2.13. The lowest BCUT2D eigenvalue weighted by atomic mass is 10.6. The van der Waals surface area contributed by atoms with Gasteiger partial charge >= 0.3 is 5.69 Å². The Labute approximate surface area is 94.2 Å². The molecule has 1 aromatic heterocycles. The van der Waals surface area contributed by atoms with E-state index >= 15 is 0 Å². The summed E-state index contributed by atoms with van der Waals surface area (Å²) in [6, 6.07) is 0. The van der Waals surface area contributed by atoms with Crippen LogP contribution in [0.3, 0.4) is 0 Å². The van der Waals surface area contributed by atoms with Crippen LogP contribution in [0, 0.1) is 5.82 Å². The molecule has 16 heavy (non-hydrogen) atoms. The molecule has 1 aromatic rings. The number of anilines is 1. The fourth-order valence-electron chi connectivity index (χ4n) is 1.35. The van der Waals surface area contributed by atoms with Gasteiger partial charge in [0, 0.05) is 5.75 Å². The first-order valence-electron chi connectivity index (χ1n) is 4.54. The molecule has 0 amide bonds. The van der Waals surface area contributed by atoms with Crippen molar-refractivity contribution in [3.05, 3.63) is 22.5 Å². The van der Waals surface area contributed by atoms with E-state index in [2.05, 4.69) is 4.98 Å². The SMILES string of the molecule is Nc1[15n][13c](=O)[15n]([C@H]2CS[C@H](CO)O2)cc1F. The first-order chi connectivity index (χ1) is 7.61. The smallest absolute Gasteiger partial charge is 0.351 e. The van der Waals surface area contributed by atoms with Crippen molar-refractivity contribution >= 4 is 17.6 Å². The Morgan fingerprint density at radius 1 is 1.81 bits per heavy atom. The van der Waals surface area contributed by atoms with Crippen LogP contribution in [0.2, 0.25) is 0 Å². The molecule has 0 aliphatic carbocycles. The Balaban J connectivity index is 2.28. The zero-order chi connectivity index (χ0) is 11.7. The Bertz CT molecular complexity index is 453. The Morgan fingerprint density at radius 3 is 3.19 bits per heavy atom. The first kappa shape index (κ1) is 11.4. The average molecular weight is 250 g/mol. The van der Waals surface area contributed by atoms with Crippen LogP contribution in [0.15, 0.2) is 11.0 Å². The molecule has 1 aliphatic rings. The van der Waals surface area contributed by atoms with Crippen molar-refractivity contribution < 1.29 is 14.2 Å². The van der Waals surface area contributed by atoms with Crippen LogP contribution in [0.5, 0.6) is 0 Å². The predicted octanol–water partition coefficient (Wildman–Crippen LogP) is -0.455. The van der Waals surface area contributed by atoms with E-state index in [-0.39, 0.29) is 6.61 Å². The van der Waals surface area contributed by atoms with Crippen LogP contribution >= 0.6 is 11.8 Å². The highest BCUT2D eigenvalue weighted by molar-refractivity contribution is 8.00. The van der Waals surface area contributed by atoms with E-state index in [1.54, 1.807) is 0 Å². The summed E-state index contributed by atoms with van der Waals surface area (Å²) >= 11 is 1.35. The van der Waals surface area contributed by atoms with Gasteiger partial charge in [0.15, 0.2) is 11.6 Å². The van der Waals surface area contributed by atoms with Gasteiger partial charge in [-0.3, -0.25) is 4.57 Å². The number of nitrogens with two attached hydrogens (primary N) is 1. The summed E-state index contributed by atoms with van der Waals surface area (Å²) in [6.45, 7) is -0.152. The highest BCUT2D eigenvalue weighted by Gasteiger charge is 2.27. The van der Waals surface area contributed by atoms with Crippen LogP contribution in [-0.2, 0) is 4.74 Å². The fourth-order valence-corrected chi connectivity index (χ4v) is 2.28. The molecule has 1 saturated heterocycles. The second kappa shape index (κ2) is 4.40. The minimum Gasteiger partial charge on any atom is -0.393 e. The monoisotopic (exact) mass is 250 g/mol. The van der Waals surface area contributed by atoms with Crippen molar-refractivity contribution in [2.24, 2.45) is 0 Å². The lowest BCUT2D eigenvalue weighted by molar-refractivity contribution is -0.00677. The summed E-state index contributed by atoms with van der Waals surface area (Å²) in [4.78, 5) is 14.8. The van der Waals surface area contributed by atoms with Crippen molar-refractivity contribution in [1.82, 2.24) is 9.55 Å². The van der Waals surface area contributed by atoms with Gasteiger partial charge in [-0.2, -0.15) is 4.98 Å². The number of thioether (sulfide) groups is 1. The van der Waals surface area contributed by atoms with Crippen molar-refractivity contribution in [2.45, 2.75) is 11.7 Å². The number of aliphatic hydroxyl groups is 1.